The fourth-order valence-electron chi connectivity index (χ4n) is 2.96. The van der Waals surface area contributed by atoms with E-state index in [1.807, 2.05) is 36.2 Å². The standard InChI is InChI=1S/C19H30N2O2/c1-15(2)14-23-18-12-8-7-11-17(18)20-13-19(22)21(3)16-9-5-4-6-10-16/h7-8,11-12,15-16,20H,4-6,9-10,13-14H2,1-3H3. The zero-order valence-corrected chi connectivity index (χ0v) is 14.7. The Morgan fingerprint density at radius 2 is 1.96 bits per heavy atom. The zero-order valence-electron chi connectivity index (χ0n) is 14.7. The van der Waals surface area contributed by atoms with Gasteiger partial charge in [-0.25, -0.2) is 0 Å². The summed E-state index contributed by atoms with van der Waals surface area (Å²) in [6.45, 7) is 5.24. The van der Waals surface area contributed by atoms with E-state index < -0.39 is 0 Å². The van der Waals surface area contributed by atoms with Crippen molar-refractivity contribution < 1.29 is 9.53 Å². The highest BCUT2D eigenvalue weighted by atomic mass is 16.5. The first-order chi connectivity index (χ1) is 11.1. The third-order valence-electron chi connectivity index (χ3n) is 4.41. The lowest BCUT2D eigenvalue weighted by atomic mass is 9.94. The second-order valence-electron chi connectivity index (χ2n) is 6.85. The van der Waals surface area contributed by atoms with Gasteiger partial charge in [0.05, 0.1) is 18.8 Å². The molecule has 0 atom stereocenters. The first-order valence-corrected chi connectivity index (χ1v) is 8.79. The molecule has 0 heterocycles. The van der Waals surface area contributed by atoms with E-state index >= 15 is 0 Å². The van der Waals surface area contributed by atoms with Crippen molar-refractivity contribution >= 4 is 11.6 Å². The van der Waals surface area contributed by atoms with Crippen LogP contribution in [0.3, 0.4) is 0 Å². The summed E-state index contributed by atoms with van der Waals surface area (Å²) in [4.78, 5) is 14.3. The molecule has 0 unspecified atom stereocenters. The smallest absolute Gasteiger partial charge is 0.241 e. The van der Waals surface area contributed by atoms with Crippen molar-refractivity contribution in [1.29, 1.82) is 0 Å². The van der Waals surface area contributed by atoms with E-state index in [0.717, 1.165) is 24.3 Å². The molecule has 4 nitrogen and oxygen atoms in total. The van der Waals surface area contributed by atoms with E-state index in [1.54, 1.807) is 0 Å². The Bertz CT molecular complexity index is 496. The second kappa shape index (κ2) is 8.80. The van der Waals surface area contributed by atoms with Crippen LogP contribution in [0.4, 0.5) is 5.69 Å². The van der Waals surface area contributed by atoms with Crippen molar-refractivity contribution in [2.75, 3.05) is 25.5 Å². The van der Waals surface area contributed by atoms with Crippen LogP contribution in [0.15, 0.2) is 24.3 Å². The maximum atomic E-state index is 12.4. The van der Waals surface area contributed by atoms with Gasteiger partial charge in [-0.3, -0.25) is 4.79 Å². The third-order valence-corrected chi connectivity index (χ3v) is 4.41. The highest BCUT2D eigenvalue weighted by Crippen LogP contribution is 2.25. The van der Waals surface area contributed by atoms with E-state index in [-0.39, 0.29) is 5.91 Å². The summed E-state index contributed by atoms with van der Waals surface area (Å²) in [5, 5.41) is 3.24. The summed E-state index contributed by atoms with van der Waals surface area (Å²) in [5.41, 5.74) is 0.888. The molecule has 0 spiro atoms. The van der Waals surface area contributed by atoms with Gasteiger partial charge in [-0.15, -0.1) is 0 Å². The number of nitrogens with zero attached hydrogens (tertiary/aromatic N) is 1. The minimum Gasteiger partial charge on any atom is -0.491 e. The van der Waals surface area contributed by atoms with Crippen LogP contribution in [0, 0.1) is 5.92 Å². The number of ether oxygens (including phenoxy) is 1. The third kappa shape index (κ3) is 5.45. The van der Waals surface area contributed by atoms with Gasteiger partial charge in [0.2, 0.25) is 5.91 Å². The van der Waals surface area contributed by atoms with Crippen LogP contribution in [0.25, 0.3) is 0 Å². The summed E-state index contributed by atoms with van der Waals surface area (Å²) in [5.74, 6) is 1.44. The second-order valence-corrected chi connectivity index (χ2v) is 6.85. The molecule has 2 rings (SSSR count). The monoisotopic (exact) mass is 318 g/mol. The number of carbonyl (C=O) groups excluding carboxylic acids is 1. The maximum absolute atomic E-state index is 12.4. The summed E-state index contributed by atoms with van der Waals surface area (Å²) >= 11 is 0. The summed E-state index contributed by atoms with van der Waals surface area (Å²) in [6.07, 6.45) is 6.05. The molecular weight excluding hydrogens is 288 g/mol. The minimum atomic E-state index is 0.149. The molecule has 23 heavy (non-hydrogen) atoms. The fourth-order valence-corrected chi connectivity index (χ4v) is 2.96. The van der Waals surface area contributed by atoms with E-state index in [1.165, 1.54) is 19.3 Å². The zero-order chi connectivity index (χ0) is 16.7. The van der Waals surface area contributed by atoms with Crippen LogP contribution in [-0.4, -0.2) is 37.0 Å². The van der Waals surface area contributed by atoms with Crippen LogP contribution >= 0.6 is 0 Å². The molecule has 0 aromatic heterocycles. The van der Waals surface area contributed by atoms with Crippen molar-refractivity contribution in [3.8, 4) is 5.75 Å². The largest absolute Gasteiger partial charge is 0.491 e. The van der Waals surface area contributed by atoms with Crippen LogP contribution in [0.2, 0.25) is 0 Å². The fraction of sp³-hybridized carbons (Fsp3) is 0.632. The molecule has 0 radical (unpaired) electrons. The molecular formula is C19H30N2O2. The number of anilines is 1. The van der Waals surface area contributed by atoms with Crippen LogP contribution < -0.4 is 10.1 Å². The van der Waals surface area contributed by atoms with E-state index in [4.69, 9.17) is 4.74 Å². The number of amides is 1. The number of rotatable bonds is 7. The van der Waals surface area contributed by atoms with Crippen LogP contribution in [0.1, 0.15) is 46.0 Å². The molecule has 0 aliphatic heterocycles. The number of hydrogen-bond donors (Lipinski definition) is 1. The molecule has 1 aliphatic rings. The molecule has 1 aromatic rings. The minimum absolute atomic E-state index is 0.149. The Morgan fingerprint density at radius 3 is 2.65 bits per heavy atom. The van der Waals surface area contributed by atoms with Crippen molar-refractivity contribution in [2.24, 2.45) is 5.92 Å². The normalized spacial score (nSPS) is 15.5. The number of nitrogens with one attached hydrogen (secondary N) is 1. The van der Waals surface area contributed by atoms with E-state index in [9.17, 15) is 4.79 Å². The topological polar surface area (TPSA) is 41.6 Å². The number of benzene rings is 1. The van der Waals surface area contributed by atoms with Crippen LogP contribution in [-0.2, 0) is 4.79 Å². The number of para-hydroxylation sites is 2. The number of carbonyl (C=O) groups is 1. The SMILES string of the molecule is CC(C)COc1ccccc1NCC(=O)N(C)C1CCCCC1. The first-order valence-electron chi connectivity index (χ1n) is 8.79. The first kappa shape index (κ1) is 17.6. The van der Waals surface area contributed by atoms with E-state index in [2.05, 4.69) is 19.2 Å². The summed E-state index contributed by atoms with van der Waals surface area (Å²) in [7, 11) is 1.93. The van der Waals surface area contributed by atoms with Gasteiger partial charge in [0.15, 0.2) is 0 Å². The molecule has 0 bridgehead atoms. The predicted molar refractivity (Wildman–Crippen MR) is 94.9 cm³/mol. The molecule has 128 valence electrons. The summed E-state index contributed by atoms with van der Waals surface area (Å²) < 4.78 is 5.82. The number of likely N-dealkylation sites (N-methyl/N-ethyl adjacent to an activating group) is 1. The molecule has 0 saturated heterocycles. The molecule has 1 aliphatic carbocycles. The van der Waals surface area contributed by atoms with Crippen molar-refractivity contribution in [3.05, 3.63) is 24.3 Å². The lowest BCUT2D eigenvalue weighted by molar-refractivity contribution is -0.130. The average Bonchev–Trinajstić information content (AvgIpc) is 2.58. The lowest BCUT2D eigenvalue weighted by Crippen LogP contribution is -2.41. The quantitative estimate of drug-likeness (QED) is 0.828. The molecule has 1 aromatic carbocycles. The maximum Gasteiger partial charge on any atom is 0.241 e. The summed E-state index contributed by atoms with van der Waals surface area (Å²) in [6, 6.07) is 8.23. The Morgan fingerprint density at radius 1 is 1.26 bits per heavy atom. The highest BCUT2D eigenvalue weighted by Gasteiger charge is 2.21. The van der Waals surface area contributed by atoms with Gasteiger partial charge < -0.3 is 15.0 Å². The van der Waals surface area contributed by atoms with E-state index in [0.29, 0.717) is 25.1 Å². The van der Waals surface area contributed by atoms with Crippen LogP contribution in [0.5, 0.6) is 5.75 Å². The van der Waals surface area contributed by atoms with Gasteiger partial charge in [-0.05, 0) is 30.9 Å². The van der Waals surface area contributed by atoms with Crippen molar-refractivity contribution in [3.63, 3.8) is 0 Å². The Kier molecular flexibility index (Phi) is 6.75. The predicted octanol–water partition coefficient (Wildman–Crippen LogP) is 3.92. The van der Waals surface area contributed by atoms with Crippen molar-refractivity contribution in [1.82, 2.24) is 4.90 Å². The molecule has 1 saturated carbocycles. The average molecular weight is 318 g/mol. The van der Waals surface area contributed by atoms with Gasteiger partial charge in [0, 0.05) is 13.1 Å². The highest BCUT2D eigenvalue weighted by molar-refractivity contribution is 5.81. The van der Waals surface area contributed by atoms with Crippen molar-refractivity contribution in [2.45, 2.75) is 52.0 Å². The molecule has 1 fully saturated rings. The number of hydrogen-bond acceptors (Lipinski definition) is 3. The molecule has 1 amide bonds. The van der Waals surface area contributed by atoms with Gasteiger partial charge in [0.1, 0.15) is 5.75 Å². The van der Waals surface area contributed by atoms with Gasteiger partial charge in [0.25, 0.3) is 0 Å². The molecule has 1 N–H and O–H groups in total. The Labute approximate surface area is 140 Å². The Balaban J connectivity index is 1.88. The Hall–Kier alpha value is -1.71. The van der Waals surface area contributed by atoms with Gasteiger partial charge in [-0.1, -0.05) is 45.2 Å². The molecule has 4 heteroatoms. The van der Waals surface area contributed by atoms with Gasteiger partial charge in [-0.2, -0.15) is 0 Å². The van der Waals surface area contributed by atoms with Gasteiger partial charge >= 0.3 is 0 Å². The lowest BCUT2D eigenvalue weighted by Gasteiger charge is -2.31.